The van der Waals surface area contributed by atoms with Crippen LogP contribution in [-0.4, -0.2) is 50.9 Å². The molecule has 0 fully saturated rings. The zero-order valence-corrected chi connectivity index (χ0v) is 28.2. The van der Waals surface area contributed by atoms with E-state index in [1.807, 2.05) is 18.2 Å². The summed E-state index contributed by atoms with van der Waals surface area (Å²) in [4.78, 5) is 12.8. The third-order valence-electron chi connectivity index (χ3n) is 9.10. The van der Waals surface area contributed by atoms with Gasteiger partial charge in [0, 0.05) is 22.6 Å². The molecule has 0 bridgehead atoms. The lowest BCUT2D eigenvalue weighted by molar-refractivity contribution is -0.0940. The number of fused-ring (bicyclic) bond motifs is 3. The van der Waals surface area contributed by atoms with Crippen molar-refractivity contribution in [3.63, 3.8) is 0 Å². The molecule has 0 aromatic heterocycles. The van der Waals surface area contributed by atoms with Gasteiger partial charge in [-0.05, 0) is 92.7 Å². The molecule has 6 N–H and O–H groups in total. The van der Waals surface area contributed by atoms with Gasteiger partial charge in [-0.2, -0.15) is 0 Å². The van der Waals surface area contributed by atoms with Crippen LogP contribution in [-0.2, 0) is 48.5 Å². The summed E-state index contributed by atoms with van der Waals surface area (Å²) in [5.41, 5.74) is 7.08. The van der Waals surface area contributed by atoms with Gasteiger partial charge in [0.15, 0.2) is 6.29 Å². The van der Waals surface area contributed by atoms with Crippen LogP contribution in [0.2, 0.25) is 0 Å². The van der Waals surface area contributed by atoms with Gasteiger partial charge in [-0.25, -0.2) is 13.2 Å². The zero-order chi connectivity index (χ0) is 36.0. The topological polar surface area (TPSA) is 185 Å². The lowest BCUT2D eigenvalue weighted by atomic mass is 9.76. The Morgan fingerprint density at radius 3 is 2.27 bits per heavy atom. The van der Waals surface area contributed by atoms with E-state index in [1.165, 1.54) is 18.2 Å². The van der Waals surface area contributed by atoms with E-state index in [1.54, 1.807) is 66.7 Å². The van der Waals surface area contributed by atoms with Crippen LogP contribution in [0.1, 0.15) is 28.5 Å². The van der Waals surface area contributed by atoms with Crippen LogP contribution in [0.3, 0.4) is 0 Å². The van der Waals surface area contributed by atoms with Crippen LogP contribution in [0.15, 0.2) is 108 Å². The molecule has 2 amide bonds. The number of carbonyl (C=O) groups excluding carboxylic acids is 1. The molecule has 8 rings (SSSR count). The quantitative estimate of drug-likeness (QED) is 0.124. The van der Waals surface area contributed by atoms with Crippen molar-refractivity contribution in [2.75, 3.05) is 15.4 Å². The van der Waals surface area contributed by atoms with Crippen molar-refractivity contribution in [2.24, 2.45) is 0 Å². The third-order valence-corrected chi connectivity index (χ3v) is 10.5. The Hall–Kier alpha value is -4.97. The zero-order valence-electron chi connectivity index (χ0n) is 27.4. The first kappa shape index (κ1) is 34.1. The molecule has 3 aliphatic heterocycles. The number of hydrogen-bond acceptors (Lipinski definition) is 10. The molecule has 13 nitrogen and oxygen atoms in total. The number of rotatable bonds is 9. The van der Waals surface area contributed by atoms with Gasteiger partial charge in [-0.3, -0.25) is 4.72 Å². The SMILES string of the molecule is O=C(Nc1cccc(-c2cccc(S(=O)(=O)Nc3ccc4c(c3)B(O)OC4OCc3cccc4c3B(O)OC4)c2)c1)Nc1ccc2c(c1)B(O)OC2. The van der Waals surface area contributed by atoms with E-state index in [-0.39, 0.29) is 17.2 Å². The van der Waals surface area contributed by atoms with Gasteiger partial charge in [0.1, 0.15) is 0 Å². The number of ether oxygens (including phenoxy) is 1. The molecule has 0 spiro atoms. The van der Waals surface area contributed by atoms with Gasteiger partial charge in [0.05, 0.1) is 24.7 Å². The lowest BCUT2D eigenvalue weighted by Crippen LogP contribution is -2.32. The minimum atomic E-state index is -4.07. The van der Waals surface area contributed by atoms with E-state index >= 15 is 0 Å². The number of nitrogens with one attached hydrogen (secondary N) is 3. The Bertz CT molecular complexity index is 2310. The average Bonchev–Trinajstić information content (AvgIpc) is 3.81. The van der Waals surface area contributed by atoms with Gasteiger partial charge in [0.25, 0.3) is 10.0 Å². The number of carbonyl (C=O) groups is 1. The predicted molar refractivity (Wildman–Crippen MR) is 196 cm³/mol. The summed E-state index contributed by atoms with van der Waals surface area (Å²) in [5, 5.41) is 36.4. The first-order chi connectivity index (χ1) is 25.1. The highest BCUT2D eigenvalue weighted by Gasteiger charge is 2.37. The Labute approximate surface area is 300 Å². The molecule has 3 aliphatic rings. The second kappa shape index (κ2) is 13.9. The fourth-order valence-corrected chi connectivity index (χ4v) is 7.63. The Morgan fingerprint density at radius 2 is 1.42 bits per heavy atom. The first-order valence-corrected chi connectivity index (χ1v) is 17.8. The summed E-state index contributed by atoms with van der Waals surface area (Å²) in [6, 6.07) is 28.3. The molecule has 0 saturated carbocycles. The van der Waals surface area contributed by atoms with Gasteiger partial charge in [-0.15, -0.1) is 0 Å². The maximum Gasteiger partial charge on any atom is 0.493 e. The second-order valence-corrected chi connectivity index (χ2v) is 14.2. The van der Waals surface area contributed by atoms with Gasteiger partial charge in [-0.1, -0.05) is 54.6 Å². The molecule has 0 aliphatic carbocycles. The molecule has 1 unspecified atom stereocenters. The van der Waals surface area contributed by atoms with E-state index in [4.69, 9.17) is 18.7 Å². The van der Waals surface area contributed by atoms with Crippen LogP contribution >= 0.6 is 0 Å². The third kappa shape index (κ3) is 6.83. The minimum Gasteiger partial charge on any atom is -0.423 e. The molecular weight excluding hydrogens is 687 g/mol. The Morgan fingerprint density at radius 1 is 0.731 bits per heavy atom. The van der Waals surface area contributed by atoms with E-state index in [0.29, 0.717) is 57.7 Å². The van der Waals surface area contributed by atoms with Gasteiger partial charge >= 0.3 is 27.4 Å². The molecule has 3 heterocycles. The van der Waals surface area contributed by atoms with Crippen LogP contribution in [0, 0.1) is 0 Å². The van der Waals surface area contributed by atoms with Gasteiger partial charge < -0.3 is 44.4 Å². The second-order valence-electron chi connectivity index (χ2n) is 12.5. The van der Waals surface area contributed by atoms with Crippen molar-refractivity contribution in [3.05, 3.63) is 125 Å². The molecule has 5 aromatic rings. The fourth-order valence-electron chi connectivity index (χ4n) is 6.53. The smallest absolute Gasteiger partial charge is 0.423 e. The van der Waals surface area contributed by atoms with Crippen molar-refractivity contribution < 1.29 is 47.0 Å². The van der Waals surface area contributed by atoms with E-state index in [2.05, 4.69) is 15.4 Å². The Kier molecular flexibility index (Phi) is 9.11. The summed E-state index contributed by atoms with van der Waals surface area (Å²) in [5.74, 6) is 0. The van der Waals surface area contributed by atoms with E-state index < -0.39 is 43.7 Å². The number of hydrogen-bond donors (Lipinski definition) is 6. The van der Waals surface area contributed by atoms with Crippen LogP contribution in [0.25, 0.3) is 11.1 Å². The molecule has 260 valence electrons. The maximum absolute atomic E-state index is 13.5. The first-order valence-electron chi connectivity index (χ1n) is 16.3. The van der Waals surface area contributed by atoms with Crippen molar-refractivity contribution in [1.29, 1.82) is 0 Å². The summed E-state index contributed by atoms with van der Waals surface area (Å²) in [6.45, 7) is 0.705. The molecule has 0 saturated heterocycles. The standard InChI is InChI=1S/C35H30B3N3O10S/c42-35(40-27-11-10-23-19-49-36(43)31(23)16-27)39-26-8-2-4-21(14-26)22-5-3-9-29(15-22)52(46,47)41-28-12-13-30-32(17-28)37(44)51-34(30)48-18-24-6-1-7-25-20-50-38(45)33(24)25/h1-17,34,41,43-45H,18-20H2,(H2,39,40,42). The molecule has 52 heavy (non-hydrogen) atoms. The highest BCUT2D eigenvalue weighted by Crippen LogP contribution is 2.30. The minimum absolute atomic E-state index is 0.00366. The molecular formula is C35H30B3N3O10S. The van der Waals surface area contributed by atoms with Crippen LogP contribution in [0.4, 0.5) is 21.9 Å². The highest BCUT2D eigenvalue weighted by molar-refractivity contribution is 7.92. The number of sulfonamides is 1. The highest BCUT2D eigenvalue weighted by atomic mass is 32.2. The summed E-state index contributed by atoms with van der Waals surface area (Å²) in [6.07, 6.45) is -0.915. The molecule has 17 heteroatoms. The molecule has 5 aromatic carbocycles. The fraction of sp³-hybridized carbons (Fsp3) is 0.114. The van der Waals surface area contributed by atoms with Crippen LogP contribution in [0.5, 0.6) is 0 Å². The normalized spacial score (nSPS) is 16.1. The number of benzene rings is 5. The summed E-state index contributed by atoms with van der Waals surface area (Å²) in [7, 11) is -7.48. The number of amides is 2. The van der Waals surface area contributed by atoms with E-state index in [0.717, 1.165) is 16.7 Å². The lowest BCUT2D eigenvalue weighted by Gasteiger charge is -2.16. The monoisotopic (exact) mass is 717 g/mol. The van der Waals surface area contributed by atoms with Crippen molar-refractivity contribution in [2.45, 2.75) is 31.0 Å². The predicted octanol–water partition coefficient (Wildman–Crippen LogP) is 2.17. The average molecular weight is 717 g/mol. The number of urea groups is 1. The molecule has 0 radical (unpaired) electrons. The largest absolute Gasteiger partial charge is 0.493 e. The van der Waals surface area contributed by atoms with Crippen molar-refractivity contribution in [1.82, 2.24) is 0 Å². The van der Waals surface area contributed by atoms with Crippen molar-refractivity contribution >= 4 is 70.9 Å². The summed E-state index contributed by atoms with van der Waals surface area (Å²) >= 11 is 0. The molecule has 1 atom stereocenters. The van der Waals surface area contributed by atoms with Crippen molar-refractivity contribution in [3.8, 4) is 11.1 Å². The number of anilines is 3. The van der Waals surface area contributed by atoms with Gasteiger partial charge in [0.2, 0.25) is 0 Å². The van der Waals surface area contributed by atoms with E-state index in [9.17, 15) is 28.3 Å². The summed E-state index contributed by atoms with van der Waals surface area (Å²) < 4.78 is 51.8. The maximum atomic E-state index is 13.5. The van der Waals surface area contributed by atoms with Crippen LogP contribution < -0.4 is 31.7 Å². The Balaban J connectivity index is 0.935.